The van der Waals surface area contributed by atoms with E-state index >= 15 is 0 Å². The summed E-state index contributed by atoms with van der Waals surface area (Å²) in [6.07, 6.45) is -0.600. The first-order valence-electron chi connectivity index (χ1n) is 9.90. The lowest BCUT2D eigenvalue weighted by Crippen LogP contribution is -2.26. The van der Waals surface area contributed by atoms with Crippen LogP contribution in [0.25, 0.3) is 0 Å². The second kappa shape index (κ2) is 15.0. The van der Waals surface area contributed by atoms with E-state index in [0.717, 1.165) is 0 Å². The zero-order valence-corrected chi connectivity index (χ0v) is 18.4. The fraction of sp³-hybridized carbons (Fsp3) is 0.571. The van der Waals surface area contributed by atoms with Gasteiger partial charge in [0, 0.05) is 13.5 Å². The molecule has 0 aromatic heterocycles. The van der Waals surface area contributed by atoms with Crippen LogP contribution in [0.3, 0.4) is 0 Å². The van der Waals surface area contributed by atoms with Crippen molar-refractivity contribution >= 4 is 24.2 Å². The highest BCUT2D eigenvalue weighted by molar-refractivity contribution is 5.91. The summed E-state index contributed by atoms with van der Waals surface area (Å²) in [6, 6.07) is 4.39. The molecule has 0 aliphatic rings. The number of carbonyl (C=O) groups excluding carboxylic acids is 3. The molecule has 1 N–H and O–H groups in total. The van der Waals surface area contributed by atoms with Crippen molar-refractivity contribution in [3.63, 3.8) is 0 Å². The Morgan fingerprint density at radius 1 is 1.03 bits per heavy atom. The van der Waals surface area contributed by atoms with Crippen molar-refractivity contribution in [2.45, 2.75) is 33.0 Å². The van der Waals surface area contributed by atoms with Crippen LogP contribution < -0.4 is 10.1 Å². The number of ether oxygens (including phenoxy) is 6. The smallest absolute Gasteiger partial charge is 0.495 e. The van der Waals surface area contributed by atoms with E-state index in [2.05, 4.69) is 5.32 Å². The molecule has 0 bridgehead atoms. The molecule has 0 fully saturated rings. The second-order valence-electron chi connectivity index (χ2n) is 6.80. The topological polar surface area (TPSA) is 119 Å². The number of anilines is 1. The molecule has 10 heteroatoms. The van der Waals surface area contributed by atoms with Crippen LogP contribution in [0.5, 0.6) is 5.75 Å². The van der Waals surface area contributed by atoms with E-state index in [0.29, 0.717) is 44.1 Å². The first-order valence-corrected chi connectivity index (χ1v) is 9.90. The number of hydrogen-bond acceptors (Lipinski definition) is 9. The summed E-state index contributed by atoms with van der Waals surface area (Å²) in [7, 11) is 2.96. The predicted octanol–water partition coefficient (Wildman–Crippen LogP) is 3.00. The lowest BCUT2D eigenvalue weighted by molar-refractivity contribution is -0.105. The van der Waals surface area contributed by atoms with Gasteiger partial charge in [0.15, 0.2) is 0 Å². The van der Waals surface area contributed by atoms with Gasteiger partial charge in [-0.2, -0.15) is 0 Å². The molecular formula is C21H31NO9. The molecule has 0 heterocycles. The monoisotopic (exact) mass is 441 g/mol. The Kier molecular flexibility index (Phi) is 12.7. The highest BCUT2D eigenvalue weighted by Crippen LogP contribution is 2.26. The molecule has 1 unspecified atom stereocenters. The van der Waals surface area contributed by atoms with E-state index in [-0.39, 0.29) is 24.5 Å². The van der Waals surface area contributed by atoms with Gasteiger partial charge in [0.1, 0.15) is 12.4 Å². The van der Waals surface area contributed by atoms with Gasteiger partial charge in [-0.15, -0.1) is 0 Å². The number of esters is 1. The minimum absolute atomic E-state index is 0.00418. The molecule has 1 rings (SSSR count). The highest BCUT2D eigenvalue weighted by Gasteiger charge is 2.22. The van der Waals surface area contributed by atoms with E-state index in [4.69, 9.17) is 28.4 Å². The molecule has 174 valence electrons. The molecular weight excluding hydrogens is 410 g/mol. The van der Waals surface area contributed by atoms with Gasteiger partial charge >= 0.3 is 12.1 Å². The van der Waals surface area contributed by atoms with E-state index in [9.17, 15) is 14.4 Å². The average Bonchev–Trinajstić information content (AvgIpc) is 2.74. The minimum Gasteiger partial charge on any atom is -0.495 e. The zero-order chi connectivity index (χ0) is 23.1. The van der Waals surface area contributed by atoms with Gasteiger partial charge < -0.3 is 33.7 Å². The van der Waals surface area contributed by atoms with Gasteiger partial charge in [0.05, 0.1) is 38.2 Å². The zero-order valence-electron chi connectivity index (χ0n) is 18.4. The third-order valence-corrected chi connectivity index (χ3v) is 3.98. The first-order chi connectivity index (χ1) is 14.9. The van der Waals surface area contributed by atoms with Crippen LogP contribution >= 0.6 is 0 Å². The van der Waals surface area contributed by atoms with Crippen LogP contribution in [0.2, 0.25) is 0 Å². The molecule has 1 amide bonds. The molecule has 0 saturated carbocycles. The Balaban J connectivity index is 2.68. The SMILES string of the molecule is COCCOCCOC(=O)OC(CCC(C)C)OC(=O)c1ccc(NC=O)c(OC)c1. The normalized spacial score (nSPS) is 11.5. The van der Waals surface area contributed by atoms with Crippen LogP contribution in [0.15, 0.2) is 18.2 Å². The average molecular weight is 441 g/mol. The Morgan fingerprint density at radius 3 is 2.42 bits per heavy atom. The summed E-state index contributed by atoms with van der Waals surface area (Å²) in [5, 5.41) is 2.47. The number of benzene rings is 1. The van der Waals surface area contributed by atoms with Crippen LogP contribution in [0, 0.1) is 5.92 Å². The largest absolute Gasteiger partial charge is 0.511 e. The maximum Gasteiger partial charge on any atom is 0.511 e. The van der Waals surface area contributed by atoms with Gasteiger partial charge in [-0.25, -0.2) is 9.59 Å². The van der Waals surface area contributed by atoms with Crippen LogP contribution in [0.4, 0.5) is 10.5 Å². The lowest BCUT2D eigenvalue weighted by Gasteiger charge is -2.19. The van der Waals surface area contributed by atoms with Crippen LogP contribution in [0.1, 0.15) is 37.0 Å². The van der Waals surface area contributed by atoms with Crippen molar-refractivity contribution in [2.24, 2.45) is 5.92 Å². The summed E-state index contributed by atoms with van der Waals surface area (Å²) in [5.41, 5.74) is 0.573. The van der Waals surface area contributed by atoms with Crippen LogP contribution in [-0.2, 0) is 28.5 Å². The van der Waals surface area contributed by atoms with Crippen molar-refractivity contribution in [3.8, 4) is 5.75 Å². The number of nitrogens with one attached hydrogen (secondary N) is 1. The van der Waals surface area contributed by atoms with Gasteiger partial charge in [-0.05, 0) is 30.5 Å². The molecule has 10 nitrogen and oxygen atoms in total. The number of rotatable bonds is 15. The lowest BCUT2D eigenvalue weighted by atomic mass is 10.1. The molecule has 0 aliphatic heterocycles. The van der Waals surface area contributed by atoms with Gasteiger partial charge in [-0.3, -0.25) is 4.79 Å². The number of carbonyl (C=O) groups is 3. The summed E-state index contributed by atoms with van der Waals surface area (Å²) in [6.45, 7) is 5.00. The third-order valence-electron chi connectivity index (χ3n) is 3.98. The van der Waals surface area contributed by atoms with Gasteiger partial charge in [0.2, 0.25) is 6.41 Å². The molecule has 1 atom stereocenters. The first kappa shape index (κ1) is 26.2. The molecule has 31 heavy (non-hydrogen) atoms. The Hall–Kier alpha value is -2.85. The van der Waals surface area contributed by atoms with E-state index in [1.54, 1.807) is 7.11 Å². The maximum atomic E-state index is 12.5. The molecule has 0 radical (unpaired) electrons. The third kappa shape index (κ3) is 10.7. The van der Waals surface area contributed by atoms with E-state index in [1.807, 2.05) is 13.8 Å². The van der Waals surface area contributed by atoms with Crippen molar-refractivity contribution in [3.05, 3.63) is 23.8 Å². The van der Waals surface area contributed by atoms with Crippen LogP contribution in [-0.4, -0.2) is 65.5 Å². The molecule has 1 aromatic rings. The fourth-order valence-corrected chi connectivity index (χ4v) is 2.37. The Bertz CT molecular complexity index is 693. The highest BCUT2D eigenvalue weighted by atomic mass is 16.8. The number of methoxy groups -OCH3 is 2. The van der Waals surface area contributed by atoms with Gasteiger partial charge in [-0.1, -0.05) is 13.8 Å². The standard InChI is InChI=1S/C21H31NO9/c1-15(2)5-8-19(31-21(25)29-12-11-28-10-9-26-3)30-20(24)16-6-7-17(22-14-23)18(13-16)27-4/h6-7,13-15,19H,5,8-12H2,1-4H3,(H,22,23). The summed E-state index contributed by atoms with van der Waals surface area (Å²) in [4.78, 5) is 35.1. The molecule has 0 aliphatic carbocycles. The van der Waals surface area contributed by atoms with E-state index < -0.39 is 18.4 Å². The van der Waals surface area contributed by atoms with Gasteiger partial charge in [0.25, 0.3) is 6.29 Å². The fourth-order valence-electron chi connectivity index (χ4n) is 2.37. The minimum atomic E-state index is -1.12. The summed E-state index contributed by atoms with van der Waals surface area (Å²) in [5.74, 6) is -0.113. The van der Waals surface area contributed by atoms with E-state index in [1.165, 1.54) is 25.3 Å². The van der Waals surface area contributed by atoms with Crippen molar-refractivity contribution in [1.82, 2.24) is 0 Å². The maximum absolute atomic E-state index is 12.5. The van der Waals surface area contributed by atoms with Crippen molar-refractivity contribution in [2.75, 3.05) is 46.0 Å². The molecule has 0 saturated heterocycles. The predicted molar refractivity (Wildman–Crippen MR) is 111 cm³/mol. The molecule has 0 spiro atoms. The second-order valence-corrected chi connectivity index (χ2v) is 6.80. The quantitative estimate of drug-likeness (QED) is 0.190. The van der Waals surface area contributed by atoms with Crippen molar-refractivity contribution < 1.29 is 42.8 Å². The Morgan fingerprint density at radius 2 is 1.77 bits per heavy atom. The number of amides is 1. The number of hydrogen-bond donors (Lipinski definition) is 1. The summed E-state index contributed by atoms with van der Waals surface area (Å²) < 4.78 is 30.7. The van der Waals surface area contributed by atoms with Crippen molar-refractivity contribution in [1.29, 1.82) is 0 Å². The Labute approximate surface area is 182 Å². The molecule has 1 aromatic carbocycles. The summed E-state index contributed by atoms with van der Waals surface area (Å²) >= 11 is 0.